The van der Waals surface area contributed by atoms with Crippen LogP contribution in [0.15, 0.2) is 59.1 Å². The summed E-state index contributed by atoms with van der Waals surface area (Å²) in [6.45, 7) is 1.61. The van der Waals surface area contributed by atoms with E-state index in [0.29, 0.717) is 12.6 Å². The van der Waals surface area contributed by atoms with Crippen molar-refractivity contribution in [3.63, 3.8) is 0 Å². The fourth-order valence-corrected chi connectivity index (χ4v) is 3.43. The van der Waals surface area contributed by atoms with E-state index in [1.807, 2.05) is 0 Å². The van der Waals surface area contributed by atoms with E-state index in [4.69, 9.17) is 5.73 Å². The lowest BCUT2D eigenvalue weighted by molar-refractivity contribution is 0.181. The number of nitrogens with zero attached hydrogens (tertiary/aromatic N) is 1. The summed E-state index contributed by atoms with van der Waals surface area (Å²) in [5.74, 6) is 0. The van der Waals surface area contributed by atoms with E-state index in [1.54, 1.807) is 0 Å². The van der Waals surface area contributed by atoms with Gasteiger partial charge in [0.25, 0.3) is 0 Å². The summed E-state index contributed by atoms with van der Waals surface area (Å²) in [5, 5.41) is 0. The molecule has 2 aromatic rings. The zero-order valence-corrected chi connectivity index (χ0v) is 13.7. The molecule has 0 aromatic heterocycles. The molecule has 3 rings (SSSR count). The Balaban J connectivity index is 1.86. The summed E-state index contributed by atoms with van der Waals surface area (Å²) in [5.41, 5.74) is 8.78. The summed E-state index contributed by atoms with van der Waals surface area (Å²) in [4.78, 5) is 2.56. The first-order chi connectivity index (χ1) is 10.3. The van der Waals surface area contributed by atoms with Crippen molar-refractivity contribution in [2.24, 2.45) is 5.73 Å². The predicted octanol–water partition coefficient (Wildman–Crippen LogP) is 4.11. The number of rotatable bonds is 6. The Kier molecular flexibility index (Phi) is 4.73. The van der Waals surface area contributed by atoms with Crippen LogP contribution in [0.5, 0.6) is 0 Å². The Morgan fingerprint density at radius 1 is 1.05 bits per heavy atom. The highest BCUT2D eigenvalue weighted by Gasteiger charge is 2.34. The van der Waals surface area contributed by atoms with Crippen molar-refractivity contribution in [3.8, 4) is 0 Å². The van der Waals surface area contributed by atoms with Crippen molar-refractivity contribution < 1.29 is 0 Å². The van der Waals surface area contributed by atoms with E-state index in [2.05, 4.69) is 75.4 Å². The SMILES string of the molecule is NCC(c1ccccc1Br)N(Cc1ccccc1)C1CC1. The third-order valence-corrected chi connectivity index (χ3v) is 4.83. The molecular formula is C18H21BrN2. The van der Waals surface area contributed by atoms with Crippen molar-refractivity contribution >= 4 is 15.9 Å². The van der Waals surface area contributed by atoms with Crippen LogP contribution < -0.4 is 5.73 Å². The Hall–Kier alpha value is -1.16. The Bertz CT molecular complexity index is 581. The molecule has 2 N–H and O–H groups in total. The Morgan fingerprint density at radius 2 is 1.71 bits per heavy atom. The van der Waals surface area contributed by atoms with E-state index in [9.17, 15) is 0 Å². The second kappa shape index (κ2) is 6.73. The molecule has 2 nitrogen and oxygen atoms in total. The summed E-state index contributed by atoms with van der Waals surface area (Å²) in [7, 11) is 0. The van der Waals surface area contributed by atoms with Crippen molar-refractivity contribution in [1.29, 1.82) is 0 Å². The van der Waals surface area contributed by atoms with Crippen LogP contribution in [0.1, 0.15) is 30.0 Å². The highest BCUT2D eigenvalue weighted by atomic mass is 79.9. The fourth-order valence-electron chi connectivity index (χ4n) is 2.88. The highest BCUT2D eigenvalue weighted by Crippen LogP contribution is 2.37. The van der Waals surface area contributed by atoms with Gasteiger partial charge in [0.2, 0.25) is 0 Å². The molecule has 0 spiro atoms. The fraction of sp³-hybridized carbons (Fsp3) is 0.333. The van der Waals surface area contributed by atoms with Crippen LogP contribution in [-0.4, -0.2) is 17.5 Å². The normalized spacial score (nSPS) is 16.1. The highest BCUT2D eigenvalue weighted by molar-refractivity contribution is 9.10. The smallest absolute Gasteiger partial charge is 0.0488 e. The van der Waals surface area contributed by atoms with Gasteiger partial charge in [0.05, 0.1) is 0 Å². The lowest BCUT2D eigenvalue weighted by atomic mass is 10.0. The number of benzene rings is 2. The van der Waals surface area contributed by atoms with Crippen LogP contribution in [-0.2, 0) is 6.54 Å². The van der Waals surface area contributed by atoms with Crippen molar-refractivity contribution in [3.05, 3.63) is 70.2 Å². The molecule has 0 radical (unpaired) electrons. The molecule has 1 saturated carbocycles. The molecule has 0 amide bonds. The van der Waals surface area contributed by atoms with Crippen LogP contribution >= 0.6 is 15.9 Å². The first-order valence-electron chi connectivity index (χ1n) is 7.53. The minimum Gasteiger partial charge on any atom is -0.329 e. The average molecular weight is 345 g/mol. The van der Waals surface area contributed by atoms with Crippen LogP contribution in [0, 0.1) is 0 Å². The molecule has 2 aromatic carbocycles. The van der Waals surface area contributed by atoms with Crippen molar-refractivity contribution in [2.75, 3.05) is 6.54 Å². The molecule has 110 valence electrons. The van der Waals surface area contributed by atoms with Crippen LogP contribution in [0.3, 0.4) is 0 Å². The van der Waals surface area contributed by atoms with E-state index in [1.165, 1.54) is 24.0 Å². The Morgan fingerprint density at radius 3 is 2.33 bits per heavy atom. The van der Waals surface area contributed by atoms with Crippen molar-refractivity contribution in [1.82, 2.24) is 4.90 Å². The minimum atomic E-state index is 0.272. The molecule has 0 heterocycles. The topological polar surface area (TPSA) is 29.3 Å². The van der Waals surface area contributed by atoms with E-state index in [-0.39, 0.29) is 6.04 Å². The zero-order valence-electron chi connectivity index (χ0n) is 12.1. The number of nitrogens with two attached hydrogens (primary N) is 1. The molecule has 1 atom stereocenters. The molecule has 0 bridgehead atoms. The molecule has 3 heteroatoms. The standard InChI is InChI=1S/C18H21BrN2/c19-17-9-5-4-8-16(17)18(12-20)21(15-10-11-15)13-14-6-2-1-3-7-14/h1-9,15,18H,10-13,20H2. The molecule has 1 aliphatic rings. The van der Waals surface area contributed by atoms with Gasteiger partial charge < -0.3 is 5.73 Å². The summed E-state index contributed by atoms with van der Waals surface area (Å²) in [6, 6.07) is 20.1. The zero-order chi connectivity index (χ0) is 14.7. The molecule has 0 aliphatic heterocycles. The maximum atomic E-state index is 6.13. The van der Waals surface area contributed by atoms with Gasteiger partial charge in [-0.25, -0.2) is 0 Å². The number of halogens is 1. The first kappa shape index (κ1) is 14.8. The third-order valence-electron chi connectivity index (χ3n) is 4.11. The van der Waals surface area contributed by atoms with Gasteiger partial charge in [0.1, 0.15) is 0 Å². The summed E-state index contributed by atoms with van der Waals surface area (Å²) >= 11 is 3.68. The quantitative estimate of drug-likeness (QED) is 0.854. The molecule has 1 fully saturated rings. The molecule has 1 aliphatic carbocycles. The number of hydrogen-bond donors (Lipinski definition) is 1. The van der Waals surface area contributed by atoms with Gasteiger partial charge >= 0.3 is 0 Å². The summed E-state index contributed by atoms with van der Waals surface area (Å²) in [6.07, 6.45) is 2.57. The van der Waals surface area contributed by atoms with Crippen LogP contribution in [0.25, 0.3) is 0 Å². The molecule has 0 saturated heterocycles. The second-order valence-corrected chi connectivity index (χ2v) is 6.52. The largest absolute Gasteiger partial charge is 0.329 e. The lowest BCUT2D eigenvalue weighted by Crippen LogP contribution is -2.35. The Labute approximate surface area is 135 Å². The first-order valence-corrected chi connectivity index (χ1v) is 8.33. The predicted molar refractivity (Wildman–Crippen MR) is 90.9 cm³/mol. The monoisotopic (exact) mass is 344 g/mol. The van der Waals surface area contributed by atoms with E-state index >= 15 is 0 Å². The van der Waals surface area contributed by atoms with Gasteiger partial charge in [-0.05, 0) is 30.0 Å². The van der Waals surface area contributed by atoms with Crippen LogP contribution in [0.4, 0.5) is 0 Å². The third kappa shape index (κ3) is 3.54. The molecular weight excluding hydrogens is 324 g/mol. The van der Waals surface area contributed by atoms with Gasteiger partial charge in [0.15, 0.2) is 0 Å². The van der Waals surface area contributed by atoms with Gasteiger partial charge in [0, 0.05) is 29.6 Å². The van der Waals surface area contributed by atoms with Gasteiger partial charge in [-0.2, -0.15) is 0 Å². The number of hydrogen-bond acceptors (Lipinski definition) is 2. The minimum absolute atomic E-state index is 0.272. The van der Waals surface area contributed by atoms with Gasteiger partial charge in [-0.3, -0.25) is 4.90 Å². The average Bonchev–Trinajstić information content (AvgIpc) is 3.34. The van der Waals surface area contributed by atoms with Crippen molar-refractivity contribution in [2.45, 2.75) is 31.5 Å². The van der Waals surface area contributed by atoms with E-state index < -0.39 is 0 Å². The van der Waals surface area contributed by atoms with Crippen LogP contribution in [0.2, 0.25) is 0 Å². The lowest BCUT2D eigenvalue weighted by Gasteiger charge is -2.32. The maximum Gasteiger partial charge on any atom is 0.0488 e. The van der Waals surface area contributed by atoms with Gasteiger partial charge in [-0.15, -0.1) is 0 Å². The maximum absolute atomic E-state index is 6.13. The van der Waals surface area contributed by atoms with E-state index in [0.717, 1.165) is 11.0 Å². The van der Waals surface area contributed by atoms with Gasteiger partial charge in [-0.1, -0.05) is 64.5 Å². The second-order valence-electron chi connectivity index (χ2n) is 5.66. The molecule has 21 heavy (non-hydrogen) atoms. The summed E-state index contributed by atoms with van der Waals surface area (Å²) < 4.78 is 1.15. The molecule has 1 unspecified atom stereocenters.